The summed E-state index contributed by atoms with van der Waals surface area (Å²) >= 11 is 0. The van der Waals surface area contributed by atoms with Crippen LogP contribution in [0.15, 0.2) is 4.99 Å². The first-order chi connectivity index (χ1) is 3.45. The second-order valence-electron chi connectivity index (χ2n) is 1.86. The Balaban J connectivity index is 2.23. The van der Waals surface area contributed by atoms with Gasteiger partial charge in [-0.3, -0.25) is 4.99 Å². The van der Waals surface area contributed by atoms with Gasteiger partial charge in [-0.1, -0.05) is 0 Å². The van der Waals surface area contributed by atoms with Gasteiger partial charge in [0.05, 0.1) is 13.1 Å². The molecule has 0 aromatic heterocycles. The summed E-state index contributed by atoms with van der Waals surface area (Å²) in [7, 11) is 0. The van der Waals surface area contributed by atoms with Crippen molar-refractivity contribution in [3.8, 4) is 0 Å². The minimum atomic E-state index is 0.988. The van der Waals surface area contributed by atoms with E-state index >= 15 is 0 Å². The number of aliphatic imine (C=N–C) groups is 1. The lowest BCUT2D eigenvalue weighted by Gasteiger charge is -2.37. The third kappa shape index (κ3) is 0.354. The zero-order valence-corrected chi connectivity index (χ0v) is 4.02. The van der Waals surface area contributed by atoms with Crippen molar-refractivity contribution < 1.29 is 0 Å². The van der Waals surface area contributed by atoms with Gasteiger partial charge in [0.25, 0.3) is 0 Å². The summed E-state index contributed by atoms with van der Waals surface area (Å²) in [5.74, 6) is 1.16. The smallest absolute Gasteiger partial charge is 0.127 e. The van der Waals surface area contributed by atoms with Crippen molar-refractivity contribution in [3.63, 3.8) is 0 Å². The van der Waals surface area contributed by atoms with Crippen LogP contribution < -0.4 is 5.43 Å². The normalized spacial score (nSPS) is 35.4. The number of fused-ring (bicyclic) bond motifs is 2. The van der Waals surface area contributed by atoms with E-state index in [1.54, 1.807) is 0 Å². The van der Waals surface area contributed by atoms with E-state index in [1.807, 2.05) is 0 Å². The fraction of sp³-hybridized carbons (Fsp3) is 0.750. The predicted molar refractivity (Wildman–Crippen MR) is 27.0 cm³/mol. The molecule has 1 N–H and O–H groups in total. The quantitative estimate of drug-likeness (QED) is 0.429. The van der Waals surface area contributed by atoms with Crippen LogP contribution in [0.1, 0.15) is 0 Å². The van der Waals surface area contributed by atoms with E-state index in [-0.39, 0.29) is 0 Å². The van der Waals surface area contributed by atoms with Gasteiger partial charge in [0, 0.05) is 6.54 Å². The average Bonchev–Trinajstić information content (AvgIpc) is 1.67. The van der Waals surface area contributed by atoms with Crippen molar-refractivity contribution in [2.75, 3.05) is 19.6 Å². The monoisotopic (exact) mass is 97.1 g/mol. The van der Waals surface area contributed by atoms with Crippen LogP contribution in [0.3, 0.4) is 0 Å². The van der Waals surface area contributed by atoms with Gasteiger partial charge in [-0.25, -0.2) is 5.01 Å². The maximum Gasteiger partial charge on any atom is 0.127 e. The molecule has 0 saturated carbocycles. The van der Waals surface area contributed by atoms with Gasteiger partial charge in [0.2, 0.25) is 0 Å². The first kappa shape index (κ1) is 3.43. The van der Waals surface area contributed by atoms with Crippen molar-refractivity contribution >= 4 is 5.84 Å². The Kier molecular flexibility index (Phi) is 0.481. The molecule has 3 heterocycles. The standard InChI is InChI=1S/C4H7N3/c1-2-7-3-4(5-1)6-7/h1-3H2,(H,5,6). The molecule has 0 radical (unpaired) electrons. The third-order valence-corrected chi connectivity index (χ3v) is 1.30. The fourth-order valence-corrected chi connectivity index (χ4v) is 0.873. The van der Waals surface area contributed by atoms with E-state index in [4.69, 9.17) is 0 Å². The largest absolute Gasteiger partial charge is 0.305 e. The summed E-state index contributed by atoms with van der Waals surface area (Å²) in [6.07, 6.45) is 0. The Bertz CT molecular complexity index is 110. The van der Waals surface area contributed by atoms with Gasteiger partial charge in [0.15, 0.2) is 0 Å². The van der Waals surface area contributed by atoms with Gasteiger partial charge in [-0.15, -0.1) is 0 Å². The summed E-state index contributed by atoms with van der Waals surface area (Å²) in [5.41, 5.74) is 3.06. The first-order valence-electron chi connectivity index (χ1n) is 2.50. The van der Waals surface area contributed by atoms with Crippen molar-refractivity contribution in [1.82, 2.24) is 10.4 Å². The molecule has 3 aliphatic heterocycles. The van der Waals surface area contributed by atoms with E-state index in [0.717, 1.165) is 25.5 Å². The van der Waals surface area contributed by atoms with Crippen LogP contribution in [-0.4, -0.2) is 30.5 Å². The highest BCUT2D eigenvalue weighted by Gasteiger charge is 2.22. The molecule has 0 amide bonds. The summed E-state index contributed by atoms with van der Waals surface area (Å²) in [4.78, 5) is 4.16. The van der Waals surface area contributed by atoms with Gasteiger partial charge >= 0.3 is 0 Å². The van der Waals surface area contributed by atoms with E-state index in [0.29, 0.717) is 0 Å². The molecule has 7 heavy (non-hydrogen) atoms. The van der Waals surface area contributed by atoms with Crippen LogP contribution in [0.5, 0.6) is 0 Å². The topological polar surface area (TPSA) is 27.6 Å². The highest BCUT2D eigenvalue weighted by molar-refractivity contribution is 5.88. The Morgan fingerprint density at radius 1 is 1.71 bits per heavy atom. The molecule has 0 aromatic rings. The van der Waals surface area contributed by atoms with E-state index < -0.39 is 0 Å². The van der Waals surface area contributed by atoms with Crippen molar-refractivity contribution in [3.05, 3.63) is 0 Å². The molecule has 0 aliphatic carbocycles. The SMILES string of the molecule is C1CN2CC(=N1)N2. The van der Waals surface area contributed by atoms with Gasteiger partial charge < -0.3 is 5.43 Å². The Morgan fingerprint density at radius 3 is 2.71 bits per heavy atom. The summed E-state index contributed by atoms with van der Waals surface area (Å²) in [6, 6.07) is 0. The molecule has 1 fully saturated rings. The van der Waals surface area contributed by atoms with Crippen LogP contribution in [0.2, 0.25) is 0 Å². The maximum absolute atomic E-state index is 4.16. The van der Waals surface area contributed by atoms with Crippen molar-refractivity contribution in [2.24, 2.45) is 4.99 Å². The van der Waals surface area contributed by atoms with Gasteiger partial charge in [0.1, 0.15) is 5.84 Å². The molecule has 3 heteroatoms. The first-order valence-corrected chi connectivity index (χ1v) is 2.50. The Labute approximate surface area is 42.0 Å². The summed E-state index contributed by atoms with van der Waals surface area (Å²) < 4.78 is 0. The van der Waals surface area contributed by atoms with Crippen LogP contribution in [0, 0.1) is 0 Å². The maximum atomic E-state index is 4.16. The highest BCUT2D eigenvalue weighted by atomic mass is 15.6. The highest BCUT2D eigenvalue weighted by Crippen LogP contribution is 2.01. The Morgan fingerprint density at radius 2 is 2.57 bits per heavy atom. The molecule has 2 bridgehead atoms. The molecule has 0 aromatic carbocycles. The summed E-state index contributed by atoms with van der Waals surface area (Å²) in [5, 5.41) is 2.16. The van der Waals surface area contributed by atoms with E-state index in [9.17, 15) is 0 Å². The van der Waals surface area contributed by atoms with E-state index in [1.165, 1.54) is 0 Å². The molecule has 3 aliphatic rings. The lowest BCUT2D eigenvalue weighted by Crippen LogP contribution is -2.62. The van der Waals surface area contributed by atoms with Gasteiger partial charge in [-0.05, 0) is 0 Å². The number of hydrogen-bond acceptors (Lipinski definition) is 3. The molecule has 1 unspecified atom stereocenters. The van der Waals surface area contributed by atoms with Crippen molar-refractivity contribution in [1.29, 1.82) is 0 Å². The third-order valence-electron chi connectivity index (χ3n) is 1.30. The van der Waals surface area contributed by atoms with Crippen LogP contribution in [0.4, 0.5) is 0 Å². The second-order valence-corrected chi connectivity index (χ2v) is 1.86. The molecule has 1 saturated heterocycles. The minimum absolute atomic E-state index is 0.988. The van der Waals surface area contributed by atoms with Gasteiger partial charge in [-0.2, -0.15) is 0 Å². The molecule has 3 nitrogen and oxygen atoms in total. The van der Waals surface area contributed by atoms with E-state index in [2.05, 4.69) is 15.4 Å². The number of amidine groups is 1. The summed E-state index contributed by atoms with van der Waals surface area (Å²) in [6.45, 7) is 3.13. The van der Waals surface area contributed by atoms with Crippen LogP contribution >= 0.6 is 0 Å². The molecule has 0 spiro atoms. The number of nitrogens with one attached hydrogen (secondary N) is 1. The fourth-order valence-electron chi connectivity index (χ4n) is 0.873. The number of hydrogen-bond donors (Lipinski definition) is 1. The molecule has 38 valence electrons. The van der Waals surface area contributed by atoms with Crippen molar-refractivity contribution in [2.45, 2.75) is 0 Å². The number of rotatable bonds is 0. The lowest BCUT2D eigenvalue weighted by molar-refractivity contribution is 0.201. The molecular formula is C4H7N3. The Hall–Kier alpha value is -0.570. The minimum Gasteiger partial charge on any atom is -0.305 e. The number of hydrazine groups is 1. The second kappa shape index (κ2) is 0.980. The molecule has 1 atom stereocenters. The van der Waals surface area contributed by atoms with Crippen LogP contribution in [0.25, 0.3) is 0 Å². The van der Waals surface area contributed by atoms with Crippen LogP contribution in [-0.2, 0) is 0 Å². The lowest BCUT2D eigenvalue weighted by atomic mass is 10.3. The zero-order chi connectivity index (χ0) is 4.69. The molecular weight excluding hydrogens is 90.1 g/mol. The predicted octanol–water partition coefficient (Wildman–Crippen LogP) is -0.781. The zero-order valence-electron chi connectivity index (χ0n) is 4.02. The average molecular weight is 97.1 g/mol. The molecule has 3 rings (SSSR count). The number of nitrogens with zero attached hydrogens (tertiary/aromatic N) is 2.